The third kappa shape index (κ3) is 4.46. The average Bonchev–Trinajstić information content (AvgIpc) is 2.62. The molecular formula is C21H21BrN2OS. The number of aromatic nitrogens is 2. The van der Waals surface area contributed by atoms with Gasteiger partial charge < -0.3 is 0 Å². The van der Waals surface area contributed by atoms with Gasteiger partial charge >= 0.3 is 0 Å². The summed E-state index contributed by atoms with van der Waals surface area (Å²) in [5, 5.41) is 0.753. The molecule has 0 bridgehead atoms. The molecule has 0 saturated heterocycles. The summed E-state index contributed by atoms with van der Waals surface area (Å²) in [5.41, 5.74) is 5.17. The van der Waals surface area contributed by atoms with Crippen LogP contribution in [0, 0.1) is 13.8 Å². The number of hydrogen-bond acceptors (Lipinski definition) is 3. The van der Waals surface area contributed by atoms with Crippen molar-refractivity contribution in [3.63, 3.8) is 0 Å². The monoisotopic (exact) mass is 428 g/mol. The van der Waals surface area contributed by atoms with E-state index in [0.717, 1.165) is 32.2 Å². The zero-order chi connectivity index (χ0) is 18.7. The van der Waals surface area contributed by atoms with Gasteiger partial charge in [-0.2, -0.15) is 0 Å². The minimum absolute atomic E-state index is 0.0392. The standard InChI is InChI=1S/C21H21BrN2OS/c1-14-5-4-6-17(11-14)12-19-15(2)23-21(24(3)20(19)25)26-13-16-7-9-18(22)10-8-16/h4-11H,12-13H2,1-3H3. The molecule has 0 spiro atoms. The van der Waals surface area contributed by atoms with E-state index >= 15 is 0 Å². The fourth-order valence-electron chi connectivity index (χ4n) is 2.82. The van der Waals surface area contributed by atoms with E-state index in [9.17, 15) is 4.79 Å². The van der Waals surface area contributed by atoms with Crippen molar-refractivity contribution in [2.24, 2.45) is 7.05 Å². The minimum Gasteiger partial charge on any atom is -0.291 e. The van der Waals surface area contributed by atoms with E-state index in [2.05, 4.69) is 53.2 Å². The summed E-state index contributed by atoms with van der Waals surface area (Å²) in [6.07, 6.45) is 0.616. The molecule has 0 aliphatic carbocycles. The van der Waals surface area contributed by atoms with Gasteiger partial charge in [-0.25, -0.2) is 4.98 Å². The Morgan fingerprint density at radius 2 is 1.81 bits per heavy atom. The van der Waals surface area contributed by atoms with Crippen molar-refractivity contribution in [1.82, 2.24) is 9.55 Å². The van der Waals surface area contributed by atoms with Gasteiger partial charge in [0.25, 0.3) is 5.56 Å². The maximum atomic E-state index is 12.9. The number of rotatable bonds is 5. The minimum atomic E-state index is 0.0392. The molecule has 0 fully saturated rings. The summed E-state index contributed by atoms with van der Waals surface area (Å²) < 4.78 is 2.73. The predicted octanol–water partition coefficient (Wildman–Crippen LogP) is 5.04. The lowest BCUT2D eigenvalue weighted by atomic mass is 10.0. The first-order chi connectivity index (χ1) is 12.4. The van der Waals surface area contributed by atoms with E-state index < -0.39 is 0 Å². The lowest BCUT2D eigenvalue weighted by molar-refractivity contribution is 0.683. The van der Waals surface area contributed by atoms with Crippen molar-refractivity contribution >= 4 is 27.7 Å². The van der Waals surface area contributed by atoms with Crippen LogP contribution in [-0.2, 0) is 19.2 Å². The molecule has 134 valence electrons. The van der Waals surface area contributed by atoms with E-state index in [1.165, 1.54) is 11.1 Å². The van der Waals surface area contributed by atoms with Gasteiger partial charge in [-0.3, -0.25) is 9.36 Å². The molecule has 0 N–H and O–H groups in total. The van der Waals surface area contributed by atoms with Gasteiger partial charge in [-0.1, -0.05) is 69.7 Å². The molecule has 0 saturated carbocycles. The zero-order valence-corrected chi connectivity index (χ0v) is 17.5. The molecule has 1 aromatic heterocycles. The van der Waals surface area contributed by atoms with Crippen LogP contribution in [0.2, 0.25) is 0 Å². The van der Waals surface area contributed by atoms with Crippen LogP contribution in [0.15, 0.2) is 63.0 Å². The molecule has 26 heavy (non-hydrogen) atoms. The third-order valence-electron chi connectivity index (χ3n) is 4.29. The summed E-state index contributed by atoms with van der Waals surface area (Å²) in [7, 11) is 1.80. The molecule has 1 heterocycles. The number of halogens is 1. The average molecular weight is 429 g/mol. The molecule has 3 rings (SSSR count). The maximum Gasteiger partial charge on any atom is 0.257 e. The Morgan fingerprint density at radius 1 is 1.08 bits per heavy atom. The van der Waals surface area contributed by atoms with Gasteiger partial charge in [-0.05, 0) is 37.1 Å². The van der Waals surface area contributed by atoms with Crippen LogP contribution in [-0.4, -0.2) is 9.55 Å². The molecule has 0 atom stereocenters. The van der Waals surface area contributed by atoms with E-state index in [4.69, 9.17) is 4.98 Å². The van der Waals surface area contributed by atoms with Gasteiger partial charge in [0.15, 0.2) is 5.16 Å². The number of hydrogen-bond donors (Lipinski definition) is 0. The second kappa shape index (κ2) is 8.23. The van der Waals surface area contributed by atoms with Crippen LogP contribution >= 0.6 is 27.7 Å². The molecule has 3 aromatic rings. The van der Waals surface area contributed by atoms with E-state index in [1.807, 2.05) is 25.1 Å². The first-order valence-corrected chi connectivity index (χ1v) is 10.2. The van der Waals surface area contributed by atoms with Crippen LogP contribution in [0.4, 0.5) is 0 Å². The fraction of sp³-hybridized carbons (Fsp3) is 0.238. The molecule has 0 radical (unpaired) electrons. The van der Waals surface area contributed by atoms with Crippen molar-refractivity contribution < 1.29 is 0 Å². The maximum absolute atomic E-state index is 12.9. The highest BCUT2D eigenvalue weighted by Gasteiger charge is 2.13. The van der Waals surface area contributed by atoms with Gasteiger partial charge in [-0.15, -0.1) is 0 Å². The van der Waals surface area contributed by atoms with Crippen molar-refractivity contribution in [3.05, 3.63) is 91.3 Å². The number of thioether (sulfide) groups is 1. The molecule has 0 amide bonds. The van der Waals surface area contributed by atoms with Crippen molar-refractivity contribution in [3.8, 4) is 0 Å². The first-order valence-electron chi connectivity index (χ1n) is 8.43. The molecule has 5 heteroatoms. The Hall–Kier alpha value is -1.85. The van der Waals surface area contributed by atoms with Crippen molar-refractivity contribution in [1.29, 1.82) is 0 Å². The molecule has 0 unspecified atom stereocenters. The Kier molecular flexibility index (Phi) is 5.99. The number of benzene rings is 2. The van der Waals surface area contributed by atoms with Gasteiger partial charge in [0.05, 0.1) is 0 Å². The number of nitrogens with zero attached hydrogens (tertiary/aromatic N) is 2. The summed E-state index contributed by atoms with van der Waals surface area (Å²) in [5.74, 6) is 0.782. The highest BCUT2D eigenvalue weighted by Crippen LogP contribution is 2.22. The second-order valence-corrected chi connectivity index (χ2v) is 8.26. The van der Waals surface area contributed by atoms with Crippen molar-refractivity contribution in [2.75, 3.05) is 0 Å². The van der Waals surface area contributed by atoms with E-state index in [1.54, 1.807) is 23.4 Å². The molecule has 3 nitrogen and oxygen atoms in total. The van der Waals surface area contributed by atoms with E-state index in [0.29, 0.717) is 6.42 Å². The normalized spacial score (nSPS) is 10.9. The number of aryl methyl sites for hydroxylation is 2. The van der Waals surface area contributed by atoms with Gasteiger partial charge in [0, 0.05) is 35.0 Å². The van der Waals surface area contributed by atoms with Crippen molar-refractivity contribution in [2.45, 2.75) is 31.2 Å². The summed E-state index contributed by atoms with van der Waals surface area (Å²) in [6, 6.07) is 16.5. The largest absolute Gasteiger partial charge is 0.291 e. The van der Waals surface area contributed by atoms with Gasteiger partial charge in [0.2, 0.25) is 0 Å². The van der Waals surface area contributed by atoms with Crippen LogP contribution < -0.4 is 5.56 Å². The SMILES string of the molecule is Cc1cccc(Cc2c(C)nc(SCc3ccc(Br)cc3)n(C)c2=O)c1. The Balaban J connectivity index is 1.83. The smallest absolute Gasteiger partial charge is 0.257 e. The van der Waals surface area contributed by atoms with E-state index in [-0.39, 0.29) is 5.56 Å². The Labute approximate surface area is 166 Å². The summed E-state index contributed by atoms with van der Waals surface area (Å²) in [6.45, 7) is 3.99. The second-order valence-electron chi connectivity index (χ2n) is 6.40. The highest BCUT2D eigenvalue weighted by atomic mass is 79.9. The molecule has 0 aliphatic heterocycles. The quantitative estimate of drug-likeness (QED) is 0.421. The fourth-order valence-corrected chi connectivity index (χ4v) is 4.05. The topological polar surface area (TPSA) is 34.9 Å². The summed E-state index contributed by atoms with van der Waals surface area (Å²) in [4.78, 5) is 17.6. The Bertz CT molecular complexity index is 980. The third-order valence-corrected chi connectivity index (χ3v) is 5.92. The zero-order valence-electron chi connectivity index (χ0n) is 15.1. The highest BCUT2D eigenvalue weighted by molar-refractivity contribution is 9.10. The lowest BCUT2D eigenvalue weighted by Gasteiger charge is -2.12. The van der Waals surface area contributed by atoms with Crippen LogP contribution in [0.1, 0.15) is 27.9 Å². The molecule has 0 aliphatic rings. The van der Waals surface area contributed by atoms with Crippen LogP contribution in [0.5, 0.6) is 0 Å². The lowest BCUT2D eigenvalue weighted by Crippen LogP contribution is -2.25. The first kappa shape index (κ1) is 18.9. The summed E-state index contributed by atoms with van der Waals surface area (Å²) >= 11 is 5.04. The Morgan fingerprint density at radius 3 is 2.50 bits per heavy atom. The molecule has 2 aromatic carbocycles. The van der Waals surface area contributed by atoms with Crippen LogP contribution in [0.25, 0.3) is 0 Å². The predicted molar refractivity (Wildman–Crippen MR) is 112 cm³/mol. The van der Waals surface area contributed by atoms with Gasteiger partial charge in [0.1, 0.15) is 0 Å². The van der Waals surface area contributed by atoms with Crippen LogP contribution in [0.3, 0.4) is 0 Å². The molecular weight excluding hydrogens is 408 g/mol.